The molecule has 0 saturated carbocycles. The first-order chi connectivity index (χ1) is 11.9. The number of nitrogens with zero attached hydrogens (tertiary/aromatic N) is 5. The number of nitrogens with one attached hydrogen (secondary N) is 1. The summed E-state index contributed by atoms with van der Waals surface area (Å²) in [6.07, 6.45) is 0. The Bertz CT molecular complexity index is 886. The lowest BCUT2D eigenvalue weighted by atomic mass is 10.1. The van der Waals surface area contributed by atoms with Gasteiger partial charge in [-0.05, 0) is 20.8 Å². The van der Waals surface area contributed by atoms with Gasteiger partial charge in [0.15, 0.2) is 11.0 Å². The highest BCUT2D eigenvalue weighted by Crippen LogP contribution is 2.26. The summed E-state index contributed by atoms with van der Waals surface area (Å²) >= 11 is 2.71. The number of anilines is 1. The maximum atomic E-state index is 12.3. The van der Waals surface area contributed by atoms with Gasteiger partial charge in [-0.1, -0.05) is 52.9 Å². The Morgan fingerprint density at radius 2 is 1.88 bits per heavy atom. The van der Waals surface area contributed by atoms with Crippen LogP contribution in [0.5, 0.6) is 0 Å². The van der Waals surface area contributed by atoms with Crippen molar-refractivity contribution in [3.63, 3.8) is 0 Å². The SMILES string of the molecule is Cc1ccc(-c2nnc(SC(C)C(=O)Nc3nnc(C)s3)n2C)cc1. The first-order valence-corrected chi connectivity index (χ1v) is 9.37. The summed E-state index contributed by atoms with van der Waals surface area (Å²) < 4.78 is 1.90. The molecule has 2 heterocycles. The van der Waals surface area contributed by atoms with Gasteiger partial charge in [0.1, 0.15) is 5.01 Å². The van der Waals surface area contributed by atoms with Crippen LogP contribution < -0.4 is 5.32 Å². The molecule has 0 aliphatic carbocycles. The number of benzene rings is 1. The number of aromatic nitrogens is 5. The minimum atomic E-state index is -0.335. The van der Waals surface area contributed by atoms with Crippen molar-refractivity contribution in [2.75, 3.05) is 5.32 Å². The van der Waals surface area contributed by atoms with Crippen molar-refractivity contribution in [2.45, 2.75) is 31.2 Å². The van der Waals surface area contributed by atoms with Crippen molar-refractivity contribution in [1.82, 2.24) is 25.0 Å². The molecule has 0 spiro atoms. The van der Waals surface area contributed by atoms with Gasteiger partial charge in [0.25, 0.3) is 0 Å². The number of aryl methyl sites for hydroxylation is 2. The van der Waals surface area contributed by atoms with E-state index in [9.17, 15) is 4.79 Å². The molecule has 130 valence electrons. The zero-order chi connectivity index (χ0) is 18.0. The largest absolute Gasteiger partial charge is 0.305 e. The molecule has 0 saturated heterocycles. The fraction of sp³-hybridized carbons (Fsp3) is 0.312. The highest BCUT2D eigenvalue weighted by Gasteiger charge is 2.20. The minimum absolute atomic E-state index is 0.138. The van der Waals surface area contributed by atoms with E-state index >= 15 is 0 Å². The fourth-order valence-electron chi connectivity index (χ4n) is 2.14. The third-order valence-electron chi connectivity index (χ3n) is 3.55. The van der Waals surface area contributed by atoms with Crippen LogP contribution in [0.4, 0.5) is 5.13 Å². The van der Waals surface area contributed by atoms with E-state index in [-0.39, 0.29) is 11.2 Å². The molecule has 0 bridgehead atoms. The van der Waals surface area contributed by atoms with Gasteiger partial charge in [0, 0.05) is 12.6 Å². The van der Waals surface area contributed by atoms with Crippen LogP contribution in [0.1, 0.15) is 17.5 Å². The van der Waals surface area contributed by atoms with E-state index in [2.05, 4.69) is 25.7 Å². The summed E-state index contributed by atoms with van der Waals surface area (Å²) in [5, 5.41) is 20.7. The average molecular weight is 374 g/mol. The van der Waals surface area contributed by atoms with Gasteiger partial charge >= 0.3 is 0 Å². The van der Waals surface area contributed by atoms with E-state index in [0.29, 0.717) is 10.3 Å². The second kappa shape index (κ2) is 7.32. The molecule has 25 heavy (non-hydrogen) atoms. The molecule has 3 aromatic rings. The maximum Gasteiger partial charge on any atom is 0.239 e. The Morgan fingerprint density at radius 1 is 1.16 bits per heavy atom. The lowest BCUT2D eigenvalue weighted by Crippen LogP contribution is -2.22. The summed E-state index contributed by atoms with van der Waals surface area (Å²) in [5.74, 6) is 0.635. The molecule has 0 aliphatic heterocycles. The predicted octanol–water partition coefficient (Wildman–Crippen LogP) is 3.07. The van der Waals surface area contributed by atoms with Crippen LogP contribution in [-0.2, 0) is 11.8 Å². The number of carbonyl (C=O) groups excluding carboxylic acids is 1. The zero-order valence-corrected chi connectivity index (χ0v) is 16.0. The molecule has 7 nitrogen and oxygen atoms in total. The summed E-state index contributed by atoms with van der Waals surface area (Å²) in [6.45, 7) is 5.72. The number of carbonyl (C=O) groups is 1. The summed E-state index contributed by atoms with van der Waals surface area (Å²) in [4.78, 5) is 12.3. The van der Waals surface area contributed by atoms with Crippen molar-refractivity contribution in [1.29, 1.82) is 0 Å². The van der Waals surface area contributed by atoms with Crippen LogP contribution in [0.2, 0.25) is 0 Å². The van der Waals surface area contributed by atoms with Crippen molar-refractivity contribution in [2.24, 2.45) is 7.05 Å². The van der Waals surface area contributed by atoms with Gasteiger partial charge in [-0.25, -0.2) is 0 Å². The van der Waals surface area contributed by atoms with Crippen LogP contribution in [0.3, 0.4) is 0 Å². The third kappa shape index (κ3) is 4.05. The zero-order valence-electron chi connectivity index (χ0n) is 14.3. The average Bonchev–Trinajstić information content (AvgIpc) is 3.15. The monoisotopic (exact) mass is 374 g/mol. The Balaban J connectivity index is 1.70. The van der Waals surface area contributed by atoms with E-state index in [4.69, 9.17) is 0 Å². The Labute approximate surface area is 153 Å². The number of thioether (sulfide) groups is 1. The van der Waals surface area contributed by atoms with Gasteiger partial charge in [-0.15, -0.1) is 20.4 Å². The molecule has 1 aromatic carbocycles. The molecule has 1 N–H and O–H groups in total. The predicted molar refractivity (Wildman–Crippen MR) is 99.8 cm³/mol. The first-order valence-electron chi connectivity index (χ1n) is 7.68. The van der Waals surface area contributed by atoms with E-state index in [1.165, 1.54) is 28.7 Å². The van der Waals surface area contributed by atoms with Gasteiger partial charge in [0.05, 0.1) is 5.25 Å². The number of rotatable bonds is 5. The fourth-order valence-corrected chi connectivity index (χ4v) is 3.55. The molecule has 0 fully saturated rings. The lowest BCUT2D eigenvalue weighted by Gasteiger charge is -2.10. The van der Waals surface area contributed by atoms with Crippen LogP contribution in [0.15, 0.2) is 29.4 Å². The molecule has 1 atom stereocenters. The topological polar surface area (TPSA) is 85.6 Å². The maximum absolute atomic E-state index is 12.3. The number of hydrogen-bond acceptors (Lipinski definition) is 7. The quantitative estimate of drug-likeness (QED) is 0.691. The van der Waals surface area contributed by atoms with E-state index in [1.807, 2.05) is 56.7 Å². The van der Waals surface area contributed by atoms with E-state index in [0.717, 1.165) is 16.4 Å². The number of hydrogen-bond donors (Lipinski definition) is 1. The number of amides is 1. The van der Waals surface area contributed by atoms with Crippen molar-refractivity contribution >= 4 is 34.1 Å². The van der Waals surface area contributed by atoms with Crippen molar-refractivity contribution in [3.8, 4) is 11.4 Å². The second-order valence-electron chi connectivity index (χ2n) is 5.61. The molecule has 2 aromatic heterocycles. The highest BCUT2D eigenvalue weighted by atomic mass is 32.2. The smallest absolute Gasteiger partial charge is 0.239 e. The van der Waals surface area contributed by atoms with Gasteiger partial charge in [-0.3, -0.25) is 10.1 Å². The Hall–Kier alpha value is -2.26. The van der Waals surface area contributed by atoms with Crippen molar-refractivity contribution < 1.29 is 4.79 Å². The van der Waals surface area contributed by atoms with Crippen LogP contribution >= 0.6 is 23.1 Å². The Morgan fingerprint density at radius 3 is 2.52 bits per heavy atom. The molecule has 1 amide bonds. The standard InChI is InChI=1S/C16H18N6OS2/c1-9-5-7-12(8-6-9)13-19-21-16(22(13)4)24-10(2)14(23)17-15-20-18-11(3)25-15/h5-8,10H,1-4H3,(H,17,20,23). The second-order valence-corrected chi connectivity index (χ2v) is 8.10. The van der Waals surface area contributed by atoms with Gasteiger partial charge < -0.3 is 4.57 Å². The van der Waals surface area contributed by atoms with E-state index < -0.39 is 0 Å². The minimum Gasteiger partial charge on any atom is -0.305 e. The molecule has 1 unspecified atom stereocenters. The van der Waals surface area contributed by atoms with Crippen LogP contribution in [-0.4, -0.2) is 36.1 Å². The highest BCUT2D eigenvalue weighted by molar-refractivity contribution is 8.00. The van der Waals surface area contributed by atoms with Crippen LogP contribution in [0.25, 0.3) is 11.4 Å². The summed E-state index contributed by atoms with van der Waals surface area (Å²) in [7, 11) is 1.90. The molecule has 9 heteroatoms. The molecule has 0 radical (unpaired) electrons. The molecular weight excluding hydrogens is 356 g/mol. The summed E-state index contributed by atoms with van der Waals surface area (Å²) in [5.41, 5.74) is 2.19. The van der Waals surface area contributed by atoms with Gasteiger partial charge in [-0.2, -0.15) is 0 Å². The first kappa shape index (κ1) is 17.6. The molecule has 0 aliphatic rings. The molecule has 3 rings (SSSR count). The van der Waals surface area contributed by atoms with E-state index in [1.54, 1.807) is 0 Å². The lowest BCUT2D eigenvalue weighted by molar-refractivity contribution is -0.115. The molecular formula is C16H18N6OS2. The van der Waals surface area contributed by atoms with Crippen LogP contribution in [0, 0.1) is 13.8 Å². The Kier molecular flexibility index (Phi) is 5.14. The normalized spacial score (nSPS) is 12.2. The third-order valence-corrected chi connectivity index (χ3v) is 5.44. The summed E-state index contributed by atoms with van der Waals surface area (Å²) in [6, 6.07) is 8.11. The van der Waals surface area contributed by atoms with Gasteiger partial charge in [0.2, 0.25) is 11.0 Å². The van der Waals surface area contributed by atoms with Crippen molar-refractivity contribution in [3.05, 3.63) is 34.8 Å².